The molecule has 1 heterocycles. The smallest absolute Gasteiger partial charge is 0.0331 e. The van der Waals surface area contributed by atoms with Crippen molar-refractivity contribution in [2.45, 2.75) is 39.0 Å². The van der Waals surface area contributed by atoms with Gasteiger partial charge in [-0.1, -0.05) is 32.3 Å². The fourth-order valence-corrected chi connectivity index (χ4v) is 3.38. The van der Waals surface area contributed by atoms with Gasteiger partial charge in [-0.3, -0.25) is 0 Å². The van der Waals surface area contributed by atoms with E-state index in [-0.39, 0.29) is 0 Å². The first-order valence-electron chi connectivity index (χ1n) is 5.94. The Morgan fingerprint density at radius 3 is 2.50 bits per heavy atom. The van der Waals surface area contributed by atoms with E-state index in [1.807, 2.05) is 11.9 Å². The molecule has 1 aliphatic carbocycles. The Labute approximate surface area is 92.1 Å². The van der Waals surface area contributed by atoms with Gasteiger partial charge in [0.1, 0.15) is 0 Å². The Morgan fingerprint density at radius 1 is 1.21 bits per heavy atom. The van der Waals surface area contributed by atoms with Crippen LogP contribution in [0.15, 0.2) is 12.3 Å². The molecule has 0 radical (unpaired) electrons. The quantitative estimate of drug-likeness (QED) is 0.655. The van der Waals surface area contributed by atoms with E-state index in [4.69, 9.17) is 0 Å². The van der Waals surface area contributed by atoms with Crippen LogP contribution in [-0.2, 0) is 0 Å². The van der Waals surface area contributed by atoms with Gasteiger partial charge in [0.15, 0.2) is 0 Å². The van der Waals surface area contributed by atoms with Crippen LogP contribution < -0.4 is 0 Å². The van der Waals surface area contributed by atoms with Crippen molar-refractivity contribution in [2.24, 2.45) is 11.8 Å². The highest BCUT2D eigenvalue weighted by atomic mass is 32.2. The fraction of sp³-hybridized carbons (Fsp3) is 0.833. The van der Waals surface area contributed by atoms with Crippen LogP contribution in [0, 0.1) is 11.8 Å². The minimum Gasteiger partial charge on any atom is -0.323 e. The lowest BCUT2D eigenvalue weighted by atomic mass is 9.81. The minimum atomic E-state index is 0.966. The SMILES string of the molecule is CCC1CCC(CN2C=CCS2)CC1. The van der Waals surface area contributed by atoms with Crippen LogP contribution in [-0.4, -0.2) is 16.6 Å². The summed E-state index contributed by atoms with van der Waals surface area (Å²) in [5, 5.41) is 0. The Bertz CT molecular complexity index is 194. The molecular weight excluding hydrogens is 190 g/mol. The molecule has 14 heavy (non-hydrogen) atoms. The van der Waals surface area contributed by atoms with Crippen LogP contribution >= 0.6 is 11.9 Å². The van der Waals surface area contributed by atoms with E-state index < -0.39 is 0 Å². The van der Waals surface area contributed by atoms with E-state index in [1.54, 1.807) is 0 Å². The first-order valence-corrected chi connectivity index (χ1v) is 6.89. The van der Waals surface area contributed by atoms with Gasteiger partial charge in [-0.2, -0.15) is 0 Å². The molecule has 0 atom stereocenters. The van der Waals surface area contributed by atoms with Gasteiger partial charge in [0.2, 0.25) is 0 Å². The van der Waals surface area contributed by atoms with Crippen LogP contribution in [0.3, 0.4) is 0 Å². The molecule has 1 fully saturated rings. The summed E-state index contributed by atoms with van der Waals surface area (Å²) in [5.41, 5.74) is 0. The zero-order chi connectivity index (χ0) is 9.80. The number of hydrogen-bond donors (Lipinski definition) is 0. The number of rotatable bonds is 3. The maximum atomic E-state index is 2.43. The van der Waals surface area contributed by atoms with Gasteiger partial charge in [0.05, 0.1) is 0 Å². The average Bonchev–Trinajstić information content (AvgIpc) is 2.72. The summed E-state index contributed by atoms with van der Waals surface area (Å²) in [5.74, 6) is 3.19. The van der Waals surface area contributed by atoms with E-state index in [9.17, 15) is 0 Å². The van der Waals surface area contributed by atoms with Gasteiger partial charge in [0, 0.05) is 18.5 Å². The molecule has 0 N–H and O–H groups in total. The highest BCUT2D eigenvalue weighted by Gasteiger charge is 2.21. The monoisotopic (exact) mass is 211 g/mol. The van der Waals surface area contributed by atoms with Gasteiger partial charge in [-0.05, 0) is 36.6 Å². The van der Waals surface area contributed by atoms with E-state index in [2.05, 4.69) is 23.5 Å². The van der Waals surface area contributed by atoms with Crippen molar-refractivity contribution >= 4 is 11.9 Å². The third-order valence-corrected chi connectivity index (χ3v) is 4.53. The number of nitrogens with zero attached hydrogens (tertiary/aromatic N) is 1. The summed E-state index contributed by atoms with van der Waals surface area (Å²) in [6, 6.07) is 0. The third-order valence-electron chi connectivity index (χ3n) is 3.59. The van der Waals surface area contributed by atoms with Crippen molar-refractivity contribution in [3.05, 3.63) is 12.3 Å². The molecule has 0 amide bonds. The van der Waals surface area contributed by atoms with Crippen LogP contribution in [0.1, 0.15) is 39.0 Å². The van der Waals surface area contributed by atoms with E-state index >= 15 is 0 Å². The minimum absolute atomic E-state index is 0.966. The summed E-state index contributed by atoms with van der Waals surface area (Å²) in [6.45, 7) is 3.63. The highest BCUT2D eigenvalue weighted by Crippen LogP contribution is 2.32. The van der Waals surface area contributed by atoms with Gasteiger partial charge in [-0.15, -0.1) is 0 Å². The van der Waals surface area contributed by atoms with Crippen molar-refractivity contribution in [3.63, 3.8) is 0 Å². The van der Waals surface area contributed by atoms with Crippen molar-refractivity contribution in [1.29, 1.82) is 0 Å². The van der Waals surface area contributed by atoms with Gasteiger partial charge < -0.3 is 4.31 Å². The summed E-state index contributed by atoms with van der Waals surface area (Å²) in [4.78, 5) is 0. The molecule has 0 bridgehead atoms. The highest BCUT2D eigenvalue weighted by molar-refractivity contribution is 7.97. The predicted molar refractivity (Wildman–Crippen MR) is 64.0 cm³/mol. The molecule has 2 rings (SSSR count). The van der Waals surface area contributed by atoms with Crippen molar-refractivity contribution in [2.75, 3.05) is 12.3 Å². The lowest BCUT2D eigenvalue weighted by molar-refractivity contribution is 0.251. The Morgan fingerprint density at radius 2 is 1.93 bits per heavy atom. The topological polar surface area (TPSA) is 3.24 Å². The third kappa shape index (κ3) is 2.69. The first-order chi connectivity index (χ1) is 6.88. The zero-order valence-electron chi connectivity index (χ0n) is 9.11. The molecule has 2 aliphatic rings. The summed E-state index contributed by atoms with van der Waals surface area (Å²) < 4.78 is 2.43. The fourth-order valence-electron chi connectivity index (χ4n) is 2.53. The lowest BCUT2D eigenvalue weighted by Crippen LogP contribution is -2.22. The maximum absolute atomic E-state index is 2.43. The second kappa shape index (κ2) is 5.11. The van der Waals surface area contributed by atoms with Crippen molar-refractivity contribution in [3.8, 4) is 0 Å². The molecule has 1 saturated carbocycles. The predicted octanol–water partition coefficient (Wildman–Crippen LogP) is 3.68. The molecule has 0 spiro atoms. The lowest BCUT2D eigenvalue weighted by Gasteiger charge is -2.30. The maximum Gasteiger partial charge on any atom is 0.0331 e. The molecule has 0 unspecified atom stereocenters. The second-order valence-electron chi connectivity index (χ2n) is 4.58. The van der Waals surface area contributed by atoms with Crippen LogP contribution in [0.2, 0.25) is 0 Å². The molecule has 0 aromatic carbocycles. The first kappa shape index (κ1) is 10.4. The largest absolute Gasteiger partial charge is 0.323 e. The Hall–Kier alpha value is -0.110. The Kier molecular flexibility index (Phi) is 3.80. The molecule has 1 nitrogen and oxygen atoms in total. The van der Waals surface area contributed by atoms with Crippen molar-refractivity contribution in [1.82, 2.24) is 4.31 Å². The van der Waals surface area contributed by atoms with E-state index in [0.717, 1.165) is 11.8 Å². The standard InChI is InChI=1S/C12H21NS/c1-2-11-4-6-12(7-5-11)10-13-8-3-9-14-13/h3,8,11-12H,2,4-7,9-10H2,1H3. The molecule has 0 aromatic heterocycles. The van der Waals surface area contributed by atoms with E-state index in [1.165, 1.54) is 44.4 Å². The number of hydrogen-bond acceptors (Lipinski definition) is 2. The molecule has 0 aromatic rings. The van der Waals surface area contributed by atoms with Crippen molar-refractivity contribution < 1.29 is 0 Å². The molecule has 80 valence electrons. The van der Waals surface area contributed by atoms with Gasteiger partial charge >= 0.3 is 0 Å². The second-order valence-corrected chi connectivity index (χ2v) is 5.64. The van der Waals surface area contributed by atoms with Crippen LogP contribution in [0.4, 0.5) is 0 Å². The molecule has 0 saturated heterocycles. The average molecular weight is 211 g/mol. The summed E-state index contributed by atoms with van der Waals surface area (Å²) in [6.07, 6.45) is 11.8. The molecule has 2 heteroatoms. The van der Waals surface area contributed by atoms with Crippen LogP contribution in [0.5, 0.6) is 0 Å². The van der Waals surface area contributed by atoms with Gasteiger partial charge in [0.25, 0.3) is 0 Å². The summed E-state index contributed by atoms with van der Waals surface area (Å²) in [7, 11) is 0. The van der Waals surface area contributed by atoms with Gasteiger partial charge in [-0.25, -0.2) is 0 Å². The summed E-state index contributed by atoms with van der Waals surface area (Å²) >= 11 is 1.96. The zero-order valence-corrected chi connectivity index (χ0v) is 9.93. The molecular formula is C12H21NS. The van der Waals surface area contributed by atoms with E-state index in [0.29, 0.717) is 0 Å². The normalized spacial score (nSPS) is 32.5. The van der Waals surface area contributed by atoms with Crippen LogP contribution in [0.25, 0.3) is 0 Å². The Balaban J connectivity index is 1.70. The molecule has 1 aliphatic heterocycles.